The highest BCUT2D eigenvalue weighted by Crippen LogP contribution is 2.39. The van der Waals surface area contributed by atoms with E-state index in [0.29, 0.717) is 0 Å². The first kappa shape index (κ1) is 13.5. The average molecular weight is 263 g/mol. The Kier molecular flexibility index (Phi) is 4.00. The molecule has 1 aliphatic carbocycles. The van der Waals surface area contributed by atoms with Gasteiger partial charge in [-0.1, -0.05) is 29.8 Å². The molecule has 1 atom stereocenters. The van der Waals surface area contributed by atoms with Crippen LogP contribution < -0.4 is 5.32 Å². The lowest BCUT2D eigenvalue weighted by Crippen LogP contribution is -2.42. The summed E-state index contributed by atoms with van der Waals surface area (Å²) in [6.07, 6.45) is 5.15. The van der Waals surface area contributed by atoms with E-state index in [2.05, 4.69) is 36.5 Å². The summed E-state index contributed by atoms with van der Waals surface area (Å²) >= 11 is 1.60. The highest BCUT2D eigenvalue weighted by atomic mass is 32.2. The van der Waals surface area contributed by atoms with Gasteiger partial charge in [-0.25, -0.2) is 0 Å². The minimum Gasteiger partial charge on any atom is -0.349 e. The number of thioether (sulfide) groups is 1. The van der Waals surface area contributed by atoms with Crippen molar-refractivity contribution in [1.82, 2.24) is 5.32 Å². The Morgan fingerprint density at radius 2 is 2.22 bits per heavy atom. The molecular weight excluding hydrogens is 242 g/mol. The molecular formula is C15H21NOS. The standard InChI is InChI=1S/C15H21NOS/c1-11-5-4-6-13(9-11)10-15(7-8-15)16-14(17)12(2)18-3/h4-6,9,12H,7-8,10H2,1-3H3,(H,16,17). The van der Waals surface area contributed by atoms with Crippen LogP contribution in [0, 0.1) is 6.92 Å². The van der Waals surface area contributed by atoms with E-state index in [1.807, 2.05) is 13.2 Å². The number of hydrogen-bond donors (Lipinski definition) is 1. The number of hydrogen-bond acceptors (Lipinski definition) is 2. The topological polar surface area (TPSA) is 29.1 Å². The second-order valence-electron chi connectivity index (χ2n) is 5.31. The molecule has 1 saturated carbocycles. The second-order valence-corrected chi connectivity index (χ2v) is 6.49. The van der Waals surface area contributed by atoms with E-state index < -0.39 is 0 Å². The van der Waals surface area contributed by atoms with Crippen LogP contribution in [0.3, 0.4) is 0 Å². The van der Waals surface area contributed by atoms with Crippen LogP contribution in [0.1, 0.15) is 30.9 Å². The van der Waals surface area contributed by atoms with Crippen molar-refractivity contribution in [1.29, 1.82) is 0 Å². The molecule has 1 aliphatic rings. The molecule has 0 aromatic heterocycles. The molecule has 0 radical (unpaired) electrons. The molecule has 2 rings (SSSR count). The molecule has 98 valence electrons. The van der Waals surface area contributed by atoms with E-state index in [-0.39, 0.29) is 16.7 Å². The number of aryl methyl sites for hydroxylation is 1. The van der Waals surface area contributed by atoms with Gasteiger partial charge in [-0.3, -0.25) is 4.79 Å². The largest absolute Gasteiger partial charge is 0.349 e. The van der Waals surface area contributed by atoms with Gasteiger partial charge in [0.2, 0.25) is 5.91 Å². The van der Waals surface area contributed by atoms with Crippen LogP contribution in [0.25, 0.3) is 0 Å². The van der Waals surface area contributed by atoms with Gasteiger partial charge in [0.25, 0.3) is 0 Å². The van der Waals surface area contributed by atoms with Crippen molar-refractivity contribution in [2.75, 3.05) is 6.26 Å². The van der Waals surface area contributed by atoms with Crippen molar-refractivity contribution in [3.05, 3.63) is 35.4 Å². The minimum absolute atomic E-state index is 0.0366. The fraction of sp³-hybridized carbons (Fsp3) is 0.533. The number of carbonyl (C=O) groups is 1. The number of rotatable bonds is 5. The molecule has 1 N–H and O–H groups in total. The van der Waals surface area contributed by atoms with Gasteiger partial charge >= 0.3 is 0 Å². The van der Waals surface area contributed by atoms with Crippen molar-refractivity contribution < 1.29 is 4.79 Å². The normalized spacial score (nSPS) is 18.2. The van der Waals surface area contributed by atoms with Crippen molar-refractivity contribution in [3.63, 3.8) is 0 Å². The lowest BCUT2D eigenvalue weighted by molar-refractivity contribution is -0.121. The van der Waals surface area contributed by atoms with Crippen molar-refractivity contribution in [3.8, 4) is 0 Å². The number of amides is 1. The summed E-state index contributed by atoms with van der Waals surface area (Å²) in [4.78, 5) is 12.0. The fourth-order valence-corrected chi connectivity index (χ4v) is 2.45. The lowest BCUT2D eigenvalue weighted by atomic mass is 10.0. The van der Waals surface area contributed by atoms with Crippen LogP contribution in [-0.4, -0.2) is 23.0 Å². The van der Waals surface area contributed by atoms with Crippen LogP contribution >= 0.6 is 11.8 Å². The second kappa shape index (κ2) is 5.35. The zero-order chi connectivity index (χ0) is 13.2. The van der Waals surface area contributed by atoms with Gasteiger partial charge in [0.05, 0.1) is 5.25 Å². The molecule has 1 unspecified atom stereocenters. The Morgan fingerprint density at radius 3 is 2.78 bits per heavy atom. The first-order valence-corrected chi connectivity index (χ1v) is 7.74. The van der Waals surface area contributed by atoms with Gasteiger partial charge in [-0.15, -0.1) is 0 Å². The van der Waals surface area contributed by atoms with E-state index in [1.54, 1.807) is 11.8 Å². The summed E-state index contributed by atoms with van der Waals surface area (Å²) in [5.74, 6) is 0.174. The van der Waals surface area contributed by atoms with Gasteiger partial charge in [0.1, 0.15) is 0 Å². The van der Waals surface area contributed by atoms with Crippen molar-refractivity contribution in [2.24, 2.45) is 0 Å². The summed E-state index contributed by atoms with van der Waals surface area (Å²) in [6.45, 7) is 4.07. The van der Waals surface area contributed by atoms with Crippen LogP contribution in [0.2, 0.25) is 0 Å². The predicted octanol–water partition coefficient (Wildman–Crippen LogP) is 2.94. The van der Waals surface area contributed by atoms with Crippen molar-refractivity contribution >= 4 is 17.7 Å². The van der Waals surface area contributed by atoms with Gasteiger partial charge in [-0.05, 0) is 44.9 Å². The summed E-state index contributed by atoms with van der Waals surface area (Å²) in [5, 5.41) is 3.27. The molecule has 1 fully saturated rings. The molecule has 0 aliphatic heterocycles. The third kappa shape index (κ3) is 3.29. The quantitative estimate of drug-likeness (QED) is 0.885. The monoisotopic (exact) mass is 263 g/mol. The first-order valence-electron chi connectivity index (χ1n) is 6.45. The van der Waals surface area contributed by atoms with E-state index in [4.69, 9.17) is 0 Å². The Morgan fingerprint density at radius 1 is 1.50 bits per heavy atom. The SMILES string of the molecule is CSC(C)C(=O)NC1(Cc2cccc(C)c2)CC1. The summed E-state index contributed by atoms with van der Waals surface area (Å²) in [6, 6.07) is 8.56. The highest BCUT2D eigenvalue weighted by molar-refractivity contribution is 7.99. The number of carbonyl (C=O) groups excluding carboxylic acids is 1. The third-order valence-corrected chi connectivity index (χ3v) is 4.51. The average Bonchev–Trinajstić information content (AvgIpc) is 3.07. The van der Waals surface area contributed by atoms with Crippen LogP contribution in [0.15, 0.2) is 24.3 Å². The molecule has 0 saturated heterocycles. The molecule has 3 heteroatoms. The maximum absolute atomic E-state index is 12.0. The first-order chi connectivity index (χ1) is 8.54. The minimum atomic E-state index is 0.0366. The van der Waals surface area contributed by atoms with Gasteiger partial charge in [-0.2, -0.15) is 11.8 Å². The highest BCUT2D eigenvalue weighted by Gasteiger charge is 2.44. The smallest absolute Gasteiger partial charge is 0.233 e. The van der Waals surface area contributed by atoms with Crippen LogP contribution in [-0.2, 0) is 11.2 Å². The Labute approximate surface area is 114 Å². The molecule has 1 amide bonds. The van der Waals surface area contributed by atoms with E-state index >= 15 is 0 Å². The third-order valence-electron chi connectivity index (χ3n) is 3.59. The maximum atomic E-state index is 12.0. The van der Waals surface area contributed by atoms with Crippen LogP contribution in [0.4, 0.5) is 0 Å². The predicted molar refractivity (Wildman–Crippen MR) is 78.0 cm³/mol. The zero-order valence-electron chi connectivity index (χ0n) is 11.3. The molecule has 2 nitrogen and oxygen atoms in total. The Bertz CT molecular complexity index is 440. The number of benzene rings is 1. The fourth-order valence-electron chi connectivity index (χ4n) is 2.18. The van der Waals surface area contributed by atoms with E-state index in [0.717, 1.165) is 19.3 Å². The Hall–Kier alpha value is -0.960. The van der Waals surface area contributed by atoms with Gasteiger partial charge < -0.3 is 5.32 Å². The zero-order valence-corrected chi connectivity index (χ0v) is 12.1. The van der Waals surface area contributed by atoms with Crippen LogP contribution in [0.5, 0.6) is 0 Å². The lowest BCUT2D eigenvalue weighted by Gasteiger charge is -2.20. The molecule has 0 heterocycles. The summed E-state index contributed by atoms with van der Waals surface area (Å²) < 4.78 is 0. The molecule has 0 spiro atoms. The van der Waals surface area contributed by atoms with Gasteiger partial charge in [0, 0.05) is 5.54 Å². The molecule has 0 bridgehead atoms. The maximum Gasteiger partial charge on any atom is 0.233 e. The van der Waals surface area contributed by atoms with Gasteiger partial charge in [0.15, 0.2) is 0 Å². The Balaban J connectivity index is 1.98. The number of nitrogens with one attached hydrogen (secondary N) is 1. The van der Waals surface area contributed by atoms with E-state index in [9.17, 15) is 4.79 Å². The summed E-state index contributed by atoms with van der Waals surface area (Å²) in [7, 11) is 0. The van der Waals surface area contributed by atoms with E-state index in [1.165, 1.54) is 11.1 Å². The molecule has 1 aromatic carbocycles. The summed E-state index contributed by atoms with van der Waals surface area (Å²) in [5.41, 5.74) is 2.64. The molecule has 1 aromatic rings. The molecule has 18 heavy (non-hydrogen) atoms. The van der Waals surface area contributed by atoms with Crippen molar-refractivity contribution in [2.45, 2.75) is 43.9 Å².